The summed E-state index contributed by atoms with van der Waals surface area (Å²) in [4.78, 5) is 31.6. The highest BCUT2D eigenvalue weighted by Crippen LogP contribution is 2.24. The predicted molar refractivity (Wildman–Crippen MR) is 99.7 cm³/mol. The normalized spacial score (nSPS) is 14.0. The van der Waals surface area contributed by atoms with Gasteiger partial charge in [-0.2, -0.15) is 0 Å². The van der Waals surface area contributed by atoms with Crippen LogP contribution in [0.4, 0.5) is 11.5 Å². The largest absolute Gasteiger partial charge is 0.492 e. The first-order chi connectivity index (χ1) is 12.7. The number of benzene rings is 1. The van der Waals surface area contributed by atoms with Crippen LogP contribution in [0.2, 0.25) is 0 Å². The monoisotopic (exact) mass is 354 g/mol. The van der Waals surface area contributed by atoms with E-state index in [1.165, 1.54) is 0 Å². The Morgan fingerprint density at radius 3 is 2.73 bits per heavy atom. The average molecular weight is 354 g/mol. The molecule has 136 valence electrons. The van der Waals surface area contributed by atoms with Gasteiger partial charge in [-0.25, -0.2) is 4.98 Å². The summed E-state index contributed by atoms with van der Waals surface area (Å²) in [6.45, 7) is 5.14. The molecule has 2 amide bonds. The molecular formula is C19H22N4O3. The van der Waals surface area contributed by atoms with Gasteiger partial charge in [0, 0.05) is 37.9 Å². The van der Waals surface area contributed by atoms with Gasteiger partial charge in [-0.1, -0.05) is 12.1 Å². The van der Waals surface area contributed by atoms with Crippen LogP contribution in [0.15, 0.2) is 42.6 Å². The molecule has 1 aromatic heterocycles. The van der Waals surface area contributed by atoms with Crippen LogP contribution in [0.3, 0.4) is 0 Å². The maximum atomic E-state index is 12.6. The molecule has 3 rings (SSSR count). The van der Waals surface area contributed by atoms with Crippen molar-refractivity contribution >= 4 is 23.8 Å². The number of hydrogen-bond donors (Lipinski definition) is 1. The van der Waals surface area contributed by atoms with Crippen LogP contribution in [-0.4, -0.2) is 55.0 Å². The van der Waals surface area contributed by atoms with Crippen LogP contribution in [0, 0.1) is 0 Å². The van der Waals surface area contributed by atoms with Gasteiger partial charge in [-0.3, -0.25) is 9.59 Å². The fourth-order valence-electron chi connectivity index (χ4n) is 2.83. The number of rotatable bonds is 6. The first-order valence-electron chi connectivity index (χ1n) is 8.64. The summed E-state index contributed by atoms with van der Waals surface area (Å²) < 4.78 is 5.54. The number of amides is 2. The van der Waals surface area contributed by atoms with Gasteiger partial charge in [0.1, 0.15) is 11.6 Å². The fraction of sp³-hybridized carbons (Fsp3) is 0.316. The van der Waals surface area contributed by atoms with Crippen molar-refractivity contribution in [1.29, 1.82) is 0 Å². The number of carbonyl (C=O) groups is 2. The SMILES string of the molecule is CCOc1ccccc1NC(=O)c1ccnc(N2CCN(C=O)CC2)c1. The van der Waals surface area contributed by atoms with Crippen LogP contribution in [0.25, 0.3) is 0 Å². The van der Waals surface area contributed by atoms with Crippen LogP contribution in [0.5, 0.6) is 5.75 Å². The molecule has 1 aromatic carbocycles. The fourth-order valence-corrected chi connectivity index (χ4v) is 2.83. The Hall–Kier alpha value is -3.09. The molecule has 0 spiro atoms. The lowest BCUT2D eigenvalue weighted by Crippen LogP contribution is -2.46. The minimum Gasteiger partial charge on any atom is -0.492 e. The van der Waals surface area contributed by atoms with E-state index in [4.69, 9.17) is 4.74 Å². The van der Waals surface area contributed by atoms with E-state index in [2.05, 4.69) is 15.2 Å². The Balaban J connectivity index is 1.72. The first-order valence-corrected chi connectivity index (χ1v) is 8.64. The Morgan fingerprint density at radius 1 is 1.23 bits per heavy atom. The second-order valence-corrected chi connectivity index (χ2v) is 5.91. The molecule has 0 saturated carbocycles. The van der Waals surface area contributed by atoms with Crippen LogP contribution in [0.1, 0.15) is 17.3 Å². The molecule has 0 aliphatic carbocycles. The maximum absolute atomic E-state index is 12.6. The summed E-state index contributed by atoms with van der Waals surface area (Å²) in [5, 5.41) is 2.89. The van der Waals surface area contributed by atoms with Gasteiger partial charge in [0.25, 0.3) is 5.91 Å². The molecule has 0 atom stereocenters. The number of pyridine rings is 1. The lowest BCUT2D eigenvalue weighted by Gasteiger charge is -2.33. The predicted octanol–water partition coefficient (Wildman–Crippen LogP) is 2.01. The van der Waals surface area contributed by atoms with Gasteiger partial charge in [-0.15, -0.1) is 0 Å². The van der Waals surface area contributed by atoms with Gasteiger partial charge in [0.2, 0.25) is 6.41 Å². The third kappa shape index (κ3) is 4.11. The van der Waals surface area contributed by atoms with Crippen molar-refractivity contribution in [3.63, 3.8) is 0 Å². The van der Waals surface area contributed by atoms with Gasteiger partial charge < -0.3 is 19.9 Å². The van der Waals surface area contributed by atoms with E-state index in [0.717, 1.165) is 12.2 Å². The quantitative estimate of drug-likeness (QED) is 0.803. The Kier molecular flexibility index (Phi) is 5.68. The van der Waals surface area contributed by atoms with E-state index in [1.54, 1.807) is 23.2 Å². The third-order valence-electron chi connectivity index (χ3n) is 4.23. The molecule has 0 unspecified atom stereocenters. The lowest BCUT2D eigenvalue weighted by atomic mass is 10.2. The first kappa shape index (κ1) is 17.7. The second-order valence-electron chi connectivity index (χ2n) is 5.91. The van der Waals surface area contributed by atoms with E-state index in [-0.39, 0.29) is 5.91 Å². The van der Waals surface area contributed by atoms with Gasteiger partial charge >= 0.3 is 0 Å². The smallest absolute Gasteiger partial charge is 0.255 e. The summed E-state index contributed by atoms with van der Waals surface area (Å²) in [7, 11) is 0. The number of piperazine rings is 1. The molecular weight excluding hydrogens is 332 g/mol. The lowest BCUT2D eigenvalue weighted by molar-refractivity contribution is -0.118. The topological polar surface area (TPSA) is 74.8 Å². The Labute approximate surface area is 152 Å². The van der Waals surface area contributed by atoms with Crippen LogP contribution >= 0.6 is 0 Å². The van der Waals surface area contributed by atoms with Crippen molar-refractivity contribution in [3.05, 3.63) is 48.2 Å². The number of nitrogens with one attached hydrogen (secondary N) is 1. The molecule has 1 saturated heterocycles. The molecule has 1 fully saturated rings. The number of para-hydroxylation sites is 2. The average Bonchev–Trinajstić information content (AvgIpc) is 2.70. The third-order valence-corrected chi connectivity index (χ3v) is 4.23. The van der Waals surface area contributed by atoms with Crippen LogP contribution in [-0.2, 0) is 4.79 Å². The summed E-state index contributed by atoms with van der Waals surface area (Å²) in [6.07, 6.45) is 2.50. The minimum absolute atomic E-state index is 0.215. The number of anilines is 2. The minimum atomic E-state index is -0.215. The molecule has 0 bridgehead atoms. The number of carbonyl (C=O) groups excluding carboxylic acids is 2. The van der Waals surface area contributed by atoms with Crippen molar-refractivity contribution in [1.82, 2.24) is 9.88 Å². The van der Waals surface area contributed by atoms with Crippen LogP contribution < -0.4 is 15.0 Å². The zero-order valence-corrected chi connectivity index (χ0v) is 14.7. The highest BCUT2D eigenvalue weighted by atomic mass is 16.5. The second kappa shape index (κ2) is 8.33. The zero-order chi connectivity index (χ0) is 18.4. The molecule has 7 heteroatoms. The molecule has 1 aliphatic rings. The molecule has 26 heavy (non-hydrogen) atoms. The van der Waals surface area contributed by atoms with Crippen molar-refractivity contribution in [2.75, 3.05) is 43.0 Å². The van der Waals surface area contributed by atoms with Gasteiger partial charge in [-0.05, 0) is 31.2 Å². The number of aromatic nitrogens is 1. The van der Waals surface area contributed by atoms with Gasteiger partial charge in [0.05, 0.1) is 12.3 Å². The number of nitrogens with zero attached hydrogens (tertiary/aromatic N) is 3. The van der Waals surface area contributed by atoms with Crippen molar-refractivity contribution in [3.8, 4) is 5.75 Å². The maximum Gasteiger partial charge on any atom is 0.255 e. The molecule has 7 nitrogen and oxygen atoms in total. The summed E-state index contributed by atoms with van der Waals surface area (Å²) >= 11 is 0. The van der Waals surface area contributed by atoms with E-state index in [9.17, 15) is 9.59 Å². The van der Waals surface area contributed by atoms with Gasteiger partial charge in [0.15, 0.2) is 0 Å². The number of ether oxygens (including phenoxy) is 1. The summed E-state index contributed by atoms with van der Waals surface area (Å²) in [5.41, 5.74) is 1.16. The zero-order valence-electron chi connectivity index (χ0n) is 14.7. The highest BCUT2D eigenvalue weighted by molar-refractivity contribution is 6.05. The van der Waals surface area contributed by atoms with E-state index in [0.29, 0.717) is 49.8 Å². The highest BCUT2D eigenvalue weighted by Gasteiger charge is 2.18. The number of hydrogen-bond acceptors (Lipinski definition) is 5. The molecule has 0 radical (unpaired) electrons. The van der Waals surface area contributed by atoms with Crippen molar-refractivity contribution < 1.29 is 14.3 Å². The van der Waals surface area contributed by atoms with E-state index < -0.39 is 0 Å². The summed E-state index contributed by atoms with van der Waals surface area (Å²) in [6, 6.07) is 10.8. The van der Waals surface area contributed by atoms with Crippen molar-refractivity contribution in [2.24, 2.45) is 0 Å². The Morgan fingerprint density at radius 2 is 2.00 bits per heavy atom. The molecule has 1 aliphatic heterocycles. The van der Waals surface area contributed by atoms with E-state index >= 15 is 0 Å². The van der Waals surface area contributed by atoms with E-state index in [1.807, 2.05) is 31.2 Å². The summed E-state index contributed by atoms with van der Waals surface area (Å²) in [5.74, 6) is 1.16. The Bertz CT molecular complexity index is 773. The standard InChI is InChI=1S/C19H22N4O3/c1-2-26-17-6-4-3-5-16(17)21-19(25)15-7-8-20-18(13-15)23-11-9-22(14-24)10-12-23/h3-8,13-14H,2,9-12H2,1H3,(H,21,25). The molecule has 2 heterocycles. The van der Waals surface area contributed by atoms with Crippen molar-refractivity contribution in [2.45, 2.75) is 6.92 Å². The molecule has 1 N–H and O–H groups in total. The molecule has 2 aromatic rings.